The second-order valence-corrected chi connectivity index (χ2v) is 9.46. The van der Waals surface area contributed by atoms with Gasteiger partial charge in [0, 0.05) is 48.4 Å². The van der Waals surface area contributed by atoms with Crippen molar-refractivity contribution in [1.29, 1.82) is 0 Å². The number of aromatic nitrogens is 4. The Morgan fingerprint density at radius 2 is 1.86 bits per heavy atom. The summed E-state index contributed by atoms with van der Waals surface area (Å²) >= 11 is 0. The maximum absolute atomic E-state index is 12.0. The van der Waals surface area contributed by atoms with E-state index in [-0.39, 0.29) is 5.78 Å². The van der Waals surface area contributed by atoms with Crippen LogP contribution in [0.3, 0.4) is 0 Å². The van der Waals surface area contributed by atoms with E-state index in [2.05, 4.69) is 38.0 Å². The van der Waals surface area contributed by atoms with Gasteiger partial charge < -0.3 is 19.5 Å². The highest BCUT2D eigenvalue weighted by molar-refractivity contribution is 5.96. The van der Waals surface area contributed by atoms with E-state index >= 15 is 0 Å². The number of morpholine rings is 1. The Labute approximate surface area is 210 Å². The molecule has 3 heterocycles. The number of anilines is 3. The highest BCUT2D eigenvalue weighted by atomic mass is 16.5. The first kappa shape index (κ1) is 22.7. The maximum Gasteiger partial charge on any atom is 0.228 e. The zero-order chi connectivity index (χ0) is 24.5. The molecular formula is C28H30N6O2. The van der Waals surface area contributed by atoms with Crippen LogP contribution in [-0.2, 0) is 4.74 Å². The van der Waals surface area contributed by atoms with E-state index in [1.165, 1.54) is 19.3 Å². The van der Waals surface area contributed by atoms with Gasteiger partial charge in [-0.2, -0.15) is 4.98 Å². The lowest BCUT2D eigenvalue weighted by Crippen LogP contribution is -2.37. The topological polar surface area (TPSA) is 85.2 Å². The number of ether oxygens (including phenoxy) is 1. The largest absolute Gasteiger partial charge is 0.378 e. The summed E-state index contributed by atoms with van der Waals surface area (Å²) in [7, 11) is 0. The van der Waals surface area contributed by atoms with Crippen LogP contribution in [0, 0.1) is 0 Å². The third-order valence-electron chi connectivity index (χ3n) is 7.15. The van der Waals surface area contributed by atoms with Gasteiger partial charge in [-0.3, -0.25) is 4.79 Å². The van der Waals surface area contributed by atoms with Gasteiger partial charge in [0.25, 0.3) is 0 Å². The molecule has 0 amide bonds. The molecule has 0 radical (unpaired) electrons. The number of hydrogen-bond donors (Lipinski definition) is 1. The first-order chi connectivity index (χ1) is 17.7. The number of carbonyl (C=O) groups excluding carboxylic acids is 1. The molecule has 1 aliphatic carbocycles. The average molecular weight is 483 g/mol. The van der Waals surface area contributed by atoms with E-state index in [1.54, 1.807) is 0 Å². The first-order valence-corrected chi connectivity index (χ1v) is 12.8. The van der Waals surface area contributed by atoms with Crippen molar-refractivity contribution >= 4 is 34.3 Å². The number of rotatable bonds is 7. The molecule has 8 nitrogen and oxygen atoms in total. The van der Waals surface area contributed by atoms with Gasteiger partial charge in [-0.25, -0.2) is 9.97 Å². The highest BCUT2D eigenvalue weighted by Crippen LogP contribution is 2.35. The van der Waals surface area contributed by atoms with Gasteiger partial charge in [0.15, 0.2) is 5.78 Å². The molecule has 4 aromatic rings. The number of benzene rings is 2. The Balaban J connectivity index is 1.37. The maximum atomic E-state index is 12.0. The molecule has 8 heteroatoms. The molecule has 2 aromatic carbocycles. The van der Waals surface area contributed by atoms with Gasteiger partial charge in [0.2, 0.25) is 5.95 Å². The second kappa shape index (κ2) is 9.70. The molecular weight excluding hydrogens is 452 g/mol. The second-order valence-electron chi connectivity index (χ2n) is 9.46. The number of imidazole rings is 1. The average Bonchev–Trinajstić information content (AvgIpc) is 3.30. The van der Waals surface area contributed by atoms with Crippen molar-refractivity contribution in [3.05, 3.63) is 60.4 Å². The Hall–Kier alpha value is -3.78. The molecule has 2 aliphatic rings. The lowest BCUT2D eigenvalue weighted by atomic mass is 9.93. The van der Waals surface area contributed by atoms with Crippen molar-refractivity contribution in [3.8, 4) is 11.3 Å². The number of nitrogens with zero attached hydrogens (tertiary/aromatic N) is 5. The summed E-state index contributed by atoms with van der Waals surface area (Å²) in [5.41, 5.74) is 5.64. The molecule has 0 unspecified atom stereocenters. The summed E-state index contributed by atoms with van der Waals surface area (Å²) in [4.78, 5) is 28.6. The van der Waals surface area contributed by atoms with E-state index < -0.39 is 0 Å². The van der Waals surface area contributed by atoms with Gasteiger partial charge in [0.1, 0.15) is 5.82 Å². The normalized spacial score (nSPS) is 16.2. The number of hydrogen-bond acceptors (Lipinski definition) is 7. The number of Topliss-reactive ketones (excluding diaryl/α,β-unsaturated/α-hetero) is 1. The molecule has 2 aromatic heterocycles. The van der Waals surface area contributed by atoms with Crippen LogP contribution in [0.5, 0.6) is 0 Å². The molecule has 0 bridgehead atoms. The summed E-state index contributed by atoms with van der Waals surface area (Å²) < 4.78 is 7.85. The van der Waals surface area contributed by atoms with Crippen LogP contribution in [0.1, 0.15) is 49.0 Å². The van der Waals surface area contributed by atoms with Crippen molar-refractivity contribution in [3.63, 3.8) is 0 Å². The van der Waals surface area contributed by atoms with E-state index in [0.29, 0.717) is 37.4 Å². The summed E-state index contributed by atoms with van der Waals surface area (Å²) in [6.45, 7) is 4.71. The predicted octanol–water partition coefficient (Wildman–Crippen LogP) is 5.39. The van der Waals surface area contributed by atoms with Crippen LogP contribution in [0.25, 0.3) is 22.3 Å². The van der Waals surface area contributed by atoms with Crippen molar-refractivity contribution in [2.24, 2.45) is 0 Å². The fourth-order valence-electron chi connectivity index (χ4n) is 4.78. The Bertz CT molecular complexity index is 1390. The molecule has 0 spiro atoms. The molecule has 1 N–H and O–H groups in total. The van der Waals surface area contributed by atoms with Crippen LogP contribution in [0.4, 0.5) is 17.5 Å². The summed E-state index contributed by atoms with van der Waals surface area (Å²) in [5.74, 6) is 1.53. The molecule has 184 valence electrons. The molecule has 36 heavy (non-hydrogen) atoms. The van der Waals surface area contributed by atoms with Crippen LogP contribution >= 0.6 is 0 Å². The lowest BCUT2D eigenvalue weighted by Gasteiger charge is -2.28. The van der Waals surface area contributed by atoms with Crippen LogP contribution < -0.4 is 10.2 Å². The van der Waals surface area contributed by atoms with Gasteiger partial charge in [0.05, 0.1) is 36.3 Å². The Kier molecular flexibility index (Phi) is 6.11. The van der Waals surface area contributed by atoms with Gasteiger partial charge >= 0.3 is 0 Å². The van der Waals surface area contributed by atoms with Crippen LogP contribution in [-0.4, -0.2) is 51.6 Å². The predicted molar refractivity (Wildman–Crippen MR) is 141 cm³/mol. The minimum absolute atomic E-state index is 0.136. The Morgan fingerprint density at radius 3 is 2.58 bits per heavy atom. The van der Waals surface area contributed by atoms with E-state index in [0.717, 1.165) is 46.6 Å². The molecule has 1 saturated heterocycles. The molecule has 2 fully saturated rings. The van der Waals surface area contributed by atoms with E-state index in [9.17, 15) is 4.79 Å². The summed E-state index contributed by atoms with van der Waals surface area (Å²) in [6.07, 6.45) is 6.16. The van der Waals surface area contributed by atoms with Crippen LogP contribution in [0.15, 0.2) is 54.9 Å². The van der Waals surface area contributed by atoms with Crippen LogP contribution in [0.2, 0.25) is 0 Å². The molecule has 1 saturated carbocycles. The third-order valence-corrected chi connectivity index (χ3v) is 7.15. The number of nitrogens with one attached hydrogen (secondary N) is 1. The summed E-state index contributed by atoms with van der Waals surface area (Å²) in [6, 6.07) is 16.4. The Morgan fingerprint density at radius 1 is 1.06 bits per heavy atom. The first-order valence-electron chi connectivity index (χ1n) is 12.8. The van der Waals surface area contributed by atoms with E-state index in [4.69, 9.17) is 14.7 Å². The SMILES string of the molecule is CCC(=O)c1ccc(Nc2cc(-c3ccc4ncn(C5CCC5)c4c3)nc(N3CCOCC3)n2)cc1. The third kappa shape index (κ3) is 4.44. The fourth-order valence-corrected chi connectivity index (χ4v) is 4.78. The van der Waals surface area contributed by atoms with Crippen molar-refractivity contribution in [1.82, 2.24) is 19.5 Å². The zero-order valence-corrected chi connectivity index (χ0v) is 20.5. The quantitative estimate of drug-likeness (QED) is 0.354. The minimum Gasteiger partial charge on any atom is -0.378 e. The van der Waals surface area contributed by atoms with Gasteiger partial charge in [-0.15, -0.1) is 0 Å². The number of ketones is 1. The monoisotopic (exact) mass is 482 g/mol. The van der Waals surface area contributed by atoms with Crippen molar-refractivity contribution in [2.75, 3.05) is 36.5 Å². The smallest absolute Gasteiger partial charge is 0.228 e. The number of carbonyl (C=O) groups is 1. The van der Waals surface area contributed by atoms with Gasteiger partial charge in [-0.1, -0.05) is 13.0 Å². The van der Waals surface area contributed by atoms with E-state index in [1.807, 2.05) is 43.6 Å². The fraction of sp³-hybridized carbons (Fsp3) is 0.357. The lowest BCUT2D eigenvalue weighted by molar-refractivity contribution is 0.0988. The number of fused-ring (bicyclic) bond motifs is 1. The highest BCUT2D eigenvalue weighted by Gasteiger charge is 2.22. The minimum atomic E-state index is 0.136. The van der Waals surface area contributed by atoms with Crippen molar-refractivity contribution < 1.29 is 9.53 Å². The van der Waals surface area contributed by atoms with Crippen molar-refractivity contribution in [2.45, 2.75) is 38.6 Å². The van der Waals surface area contributed by atoms with Gasteiger partial charge in [-0.05, 0) is 55.7 Å². The zero-order valence-electron chi connectivity index (χ0n) is 20.5. The standard InChI is InChI=1S/C28H30N6O2/c1-2-26(35)19-6-9-21(10-7-19)30-27-17-24(31-28(32-27)33-12-14-36-15-13-33)20-8-11-23-25(16-20)34(18-29-23)22-4-3-5-22/h6-11,16-18,22H,2-5,12-15H2,1H3,(H,30,31,32). The molecule has 1 aliphatic heterocycles. The molecule has 6 rings (SSSR count). The molecule has 0 atom stereocenters. The summed E-state index contributed by atoms with van der Waals surface area (Å²) in [5, 5.41) is 3.42.